The van der Waals surface area contributed by atoms with Crippen LogP contribution in [-0.2, 0) is 14.1 Å². The van der Waals surface area contributed by atoms with Crippen LogP contribution in [0.5, 0.6) is 0 Å². The van der Waals surface area contributed by atoms with E-state index in [1.165, 1.54) is 23.9 Å². The summed E-state index contributed by atoms with van der Waals surface area (Å²) in [6, 6.07) is 14.7. The van der Waals surface area contributed by atoms with E-state index in [0.717, 1.165) is 15.3 Å². The van der Waals surface area contributed by atoms with Gasteiger partial charge < -0.3 is 5.32 Å². The number of nitrogens with one attached hydrogen (secondary N) is 1. The molecule has 134 valence electrons. The third-order valence-corrected chi connectivity index (χ3v) is 4.56. The molecule has 2 aromatic heterocycles. The van der Waals surface area contributed by atoms with Gasteiger partial charge in [-0.25, -0.2) is 9.78 Å². The van der Waals surface area contributed by atoms with E-state index in [1.54, 1.807) is 13.1 Å². The number of fused-ring (bicyclic) bond motifs is 2. The molecule has 0 saturated heterocycles. The molecule has 0 aliphatic rings. The average molecular weight is 360 g/mol. The molecule has 7 heteroatoms. The number of pyridine rings is 1. The van der Waals surface area contributed by atoms with Gasteiger partial charge >= 0.3 is 5.69 Å². The first-order chi connectivity index (χ1) is 13.0. The Morgan fingerprint density at radius 1 is 0.963 bits per heavy atom. The summed E-state index contributed by atoms with van der Waals surface area (Å²) < 4.78 is 2.31. The third kappa shape index (κ3) is 2.79. The van der Waals surface area contributed by atoms with Crippen LogP contribution in [0.4, 0.5) is 5.69 Å². The van der Waals surface area contributed by atoms with Gasteiger partial charge in [-0.15, -0.1) is 0 Å². The Kier molecular flexibility index (Phi) is 3.84. The van der Waals surface area contributed by atoms with Crippen LogP contribution in [0.15, 0.2) is 64.3 Å². The number of hydrogen-bond donors (Lipinski definition) is 1. The van der Waals surface area contributed by atoms with Crippen LogP contribution in [0.2, 0.25) is 0 Å². The lowest BCUT2D eigenvalue weighted by Crippen LogP contribution is -2.37. The molecule has 0 bridgehead atoms. The highest BCUT2D eigenvalue weighted by Crippen LogP contribution is 2.18. The highest BCUT2D eigenvalue weighted by atomic mass is 16.2. The van der Waals surface area contributed by atoms with Crippen LogP contribution in [-0.4, -0.2) is 20.0 Å². The molecule has 0 saturated carbocycles. The van der Waals surface area contributed by atoms with E-state index in [1.807, 2.05) is 36.4 Å². The zero-order valence-corrected chi connectivity index (χ0v) is 14.8. The van der Waals surface area contributed by atoms with Gasteiger partial charge in [0.1, 0.15) is 5.65 Å². The number of carbonyl (C=O) groups excluding carboxylic acids is 1. The van der Waals surface area contributed by atoms with Crippen LogP contribution >= 0.6 is 0 Å². The monoisotopic (exact) mass is 360 g/mol. The summed E-state index contributed by atoms with van der Waals surface area (Å²) in [5.74, 6) is -0.302. The quantitative estimate of drug-likeness (QED) is 0.593. The Bertz CT molecular complexity index is 1330. The number of nitrogens with zero attached hydrogens (tertiary/aromatic N) is 3. The van der Waals surface area contributed by atoms with Gasteiger partial charge in [-0.1, -0.05) is 30.3 Å². The molecule has 4 rings (SSSR count). The molecule has 2 aromatic carbocycles. The number of carbonyl (C=O) groups is 1. The number of anilines is 1. The van der Waals surface area contributed by atoms with Gasteiger partial charge in [0.15, 0.2) is 0 Å². The van der Waals surface area contributed by atoms with Gasteiger partial charge in [0.25, 0.3) is 11.5 Å². The minimum absolute atomic E-state index is 0.260. The van der Waals surface area contributed by atoms with Crippen molar-refractivity contribution in [2.75, 3.05) is 5.32 Å². The summed E-state index contributed by atoms with van der Waals surface area (Å²) in [5.41, 5.74) is 0.251. The lowest BCUT2D eigenvalue weighted by molar-refractivity contribution is 0.102. The van der Waals surface area contributed by atoms with E-state index in [9.17, 15) is 14.4 Å². The summed E-state index contributed by atoms with van der Waals surface area (Å²) in [6.07, 6.45) is 1.43. The predicted octanol–water partition coefficient (Wildman–Crippen LogP) is 2.04. The molecule has 7 nitrogen and oxygen atoms in total. The van der Waals surface area contributed by atoms with Gasteiger partial charge in [-0.3, -0.25) is 18.7 Å². The van der Waals surface area contributed by atoms with Gasteiger partial charge in [-0.05, 0) is 29.0 Å². The minimum Gasteiger partial charge on any atom is -0.321 e. The number of benzene rings is 2. The molecule has 0 fully saturated rings. The van der Waals surface area contributed by atoms with E-state index in [0.29, 0.717) is 11.3 Å². The maximum Gasteiger partial charge on any atom is 0.332 e. The predicted molar refractivity (Wildman–Crippen MR) is 104 cm³/mol. The third-order valence-electron chi connectivity index (χ3n) is 4.56. The van der Waals surface area contributed by atoms with Gasteiger partial charge in [0.05, 0.1) is 17.3 Å². The van der Waals surface area contributed by atoms with E-state index >= 15 is 0 Å². The Hall–Kier alpha value is -3.74. The highest BCUT2D eigenvalue weighted by Gasteiger charge is 2.12. The molecule has 0 spiro atoms. The molecule has 0 atom stereocenters. The van der Waals surface area contributed by atoms with E-state index in [4.69, 9.17) is 0 Å². The molecule has 0 aliphatic carbocycles. The molecule has 1 N–H and O–H groups in total. The molecule has 0 unspecified atom stereocenters. The van der Waals surface area contributed by atoms with Crippen molar-refractivity contribution >= 4 is 33.4 Å². The van der Waals surface area contributed by atoms with Crippen LogP contribution in [0, 0.1) is 0 Å². The second-order valence-electron chi connectivity index (χ2n) is 6.32. The fourth-order valence-electron chi connectivity index (χ4n) is 3.07. The topological polar surface area (TPSA) is 86.0 Å². The van der Waals surface area contributed by atoms with Gasteiger partial charge in [-0.2, -0.15) is 0 Å². The van der Waals surface area contributed by atoms with Gasteiger partial charge in [0.2, 0.25) is 0 Å². The number of aromatic nitrogens is 3. The second-order valence-corrected chi connectivity index (χ2v) is 6.32. The standard InChI is InChI=1S/C20H16N4O3/c1-23-17-16(19(26)24(2)20(23)27)10-15(11-21-17)22-18(25)14-8-7-12-5-3-4-6-13(12)9-14/h3-11H,1-2H3,(H,22,25). The van der Waals surface area contributed by atoms with Crippen LogP contribution < -0.4 is 16.6 Å². The van der Waals surface area contributed by atoms with Crippen molar-refractivity contribution in [1.82, 2.24) is 14.1 Å². The first kappa shape index (κ1) is 16.7. The maximum atomic E-state index is 12.6. The van der Waals surface area contributed by atoms with Crippen molar-refractivity contribution in [3.05, 3.63) is 81.1 Å². The number of rotatable bonds is 2. The van der Waals surface area contributed by atoms with Crippen LogP contribution in [0.1, 0.15) is 10.4 Å². The molecule has 0 aliphatic heterocycles. The summed E-state index contributed by atoms with van der Waals surface area (Å²) in [7, 11) is 2.95. The van der Waals surface area contributed by atoms with Crippen LogP contribution in [0.3, 0.4) is 0 Å². The first-order valence-electron chi connectivity index (χ1n) is 8.31. The maximum absolute atomic E-state index is 12.6. The highest BCUT2D eigenvalue weighted by molar-refractivity contribution is 6.06. The van der Waals surface area contributed by atoms with Gasteiger partial charge in [0, 0.05) is 19.7 Å². The largest absolute Gasteiger partial charge is 0.332 e. The summed E-state index contributed by atoms with van der Waals surface area (Å²) >= 11 is 0. The zero-order valence-electron chi connectivity index (χ0n) is 14.8. The Labute approximate surface area is 153 Å². The van der Waals surface area contributed by atoms with E-state index in [-0.39, 0.29) is 16.9 Å². The molecule has 4 aromatic rings. The summed E-state index contributed by atoms with van der Waals surface area (Å²) in [5, 5.41) is 5.03. The molecular weight excluding hydrogens is 344 g/mol. The van der Waals surface area contributed by atoms with Crippen molar-refractivity contribution in [3.63, 3.8) is 0 Å². The van der Waals surface area contributed by atoms with Crippen molar-refractivity contribution in [1.29, 1.82) is 0 Å². The number of amides is 1. The number of aryl methyl sites for hydroxylation is 1. The molecule has 1 amide bonds. The van der Waals surface area contributed by atoms with Crippen molar-refractivity contribution in [2.24, 2.45) is 14.1 Å². The van der Waals surface area contributed by atoms with Crippen molar-refractivity contribution < 1.29 is 4.79 Å². The molecule has 2 heterocycles. The zero-order chi connectivity index (χ0) is 19.1. The lowest BCUT2D eigenvalue weighted by atomic mass is 10.1. The summed E-state index contributed by atoms with van der Waals surface area (Å²) in [4.78, 5) is 41.1. The Balaban J connectivity index is 1.73. The Morgan fingerprint density at radius 2 is 1.70 bits per heavy atom. The minimum atomic E-state index is -0.456. The van der Waals surface area contributed by atoms with E-state index < -0.39 is 11.2 Å². The average Bonchev–Trinajstić information content (AvgIpc) is 2.70. The van der Waals surface area contributed by atoms with E-state index in [2.05, 4.69) is 10.3 Å². The Morgan fingerprint density at radius 3 is 2.48 bits per heavy atom. The lowest BCUT2D eigenvalue weighted by Gasteiger charge is -2.09. The molecule has 0 radical (unpaired) electrons. The summed E-state index contributed by atoms with van der Waals surface area (Å²) in [6.45, 7) is 0. The fourth-order valence-corrected chi connectivity index (χ4v) is 3.07. The SMILES string of the molecule is Cn1c(=O)c2cc(NC(=O)c3ccc4ccccc4c3)cnc2n(C)c1=O. The normalized spacial score (nSPS) is 11.0. The van der Waals surface area contributed by atoms with Crippen LogP contribution in [0.25, 0.3) is 21.8 Å². The molecule has 27 heavy (non-hydrogen) atoms. The second kappa shape index (κ2) is 6.21. The van der Waals surface area contributed by atoms with Crippen molar-refractivity contribution in [3.8, 4) is 0 Å². The first-order valence-corrected chi connectivity index (χ1v) is 8.31. The molecular formula is C20H16N4O3. The number of hydrogen-bond acceptors (Lipinski definition) is 4. The van der Waals surface area contributed by atoms with Crippen molar-refractivity contribution in [2.45, 2.75) is 0 Å². The smallest absolute Gasteiger partial charge is 0.321 e. The fraction of sp³-hybridized carbons (Fsp3) is 0.100.